The van der Waals surface area contributed by atoms with Crippen molar-refractivity contribution in [2.24, 2.45) is 29.1 Å². The molecule has 0 unspecified atom stereocenters. The summed E-state index contributed by atoms with van der Waals surface area (Å²) < 4.78 is 0. The van der Waals surface area contributed by atoms with Crippen LogP contribution in [0.5, 0.6) is 0 Å². The van der Waals surface area contributed by atoms with Gasteiger partial charge in [0.2, 0.25) is 0 Å². The molecule has 5 heteroatoms. The molecule has 0 spiro atoms. The Kier molecular flexibility index (Phi) is 3.98. The van der Waals surface area contributed by atoms with Gasteiger partial charge in [0.15, 0.2) is 17.2 Å². The van der Waals surface area contributed by atoms with Gasteiger partial charge in [0.05, 0.1) is 6.10 Å². The summed E-state index contributed by atoms with van der Waals surface area (Å²) in [5.74, 6) is 0.961. The Labute approximate surface area is 148 Å². The summed E-state index contributed by atoms with van der Waals surface area (Å²) in [7, 11) is 0. The molecule has 5 nitrogen and oxygen atoms in total. The lowest BCUT2D eigenvalue weighted by molar-refractivity contribution is -0.176. The summed E-state index contributed by atoms with van der Waals surface area (Å²) in [5, 5.41) is 31.0. The first-order valence-electron chi connectivity index (χ1n) is 9.61. The van der Waals surface area contributed by atoms with Crippen molar-refractivity contribution in [3.05, 3.63) is 11.6 Å². The van der Waals surface area contributed by atoms with Crippen LogP contribution in [-0.2, 0) is 9.59 Å². The molecule has 0 heterocycles. The van der Waals surface area contributed by atoms with Gasteiger partial charge >= 0.3 is 0 Å². The standard InChI is InChI=1S/C20H28O5/c1-19-7-6-14-13-5-3-12(22)8-11(13)2-4-15(14)16(19)9-17(23)20(19,25)18(24)10-21/h8,13-17,21,23,25H,2-7,9-10H2,1H3/t13-,14+,15+,16-,17+,19-,20-/m0/s1. The third kappa shape index (κ3) is 2.18. The van der Waals surface area contributed by atoms with Gasteiger partial charge in [-0.25, -0.2) is 0 Å². The molecule has 25 heavy (non-hydrogen) atoms. The van der Waals surface area contributed by atoms with E-state index in [0.717, 1.165) is 25.7 Å². The van der Waals surface area contributed by atoms with E-state index in [-0.39, 0.29) is 11.7 Å². The van der Waals surface area contributed by atoms with Gasteiger partial charge in [-0.1, -0.05) is 12.5 Å². The Hall–Kier alpha value is -1.04. The van der Waals surface area contributed by atoms with Gasteiger partial charge in [0, 0.05) is 11.8 Å². The zero-order valence-electron chi connectivity index (χ0n) is 14.8. The Morgan fingerprint density at radius 3 is 2.72 bits per heavy atom. The summed E-state index contributed by atoms with van der Waals surface area (Å²) >= 11 is 0. The lowest BCUT2D eigenvalue weighted by atomic mass is 9.50. The smallest absolute Gasteiger partial charge is 0.192 e. The van der Waals surface area contributed by atoms with Gasteiger partial charge in [0.25, 0.3) is 0 Å². The number of Topliss-reactive ketones (excluding diaryl/α,β-unsaturated/α-hetero) is 1. The van der Waals surface area contributed by atoms with Crippen LogP contribution in [-0.4, -0.2) is 45.2 Å². The van der Waals surface area contributed by atoms with Crippen molar-refractivity contribution in [3.63, 3.8) is 0 Å². The lowest BCUT2D eigenvalue weighted by Crippen LogP contribution is -2.60. The monoisotopic (exact) mass is 348 g/mol. The number of hydrogen-bond acceptors (Lipinski definition) is 5. The molecule has 3 N–H and O–H groups in total. The zero-order chi connectivity index (χ0) is 18.0. The minimum atomic E-state index is -1.84. The number of fused-ring (bicyclic) bond motifs is 5. The Morgan fingerprint density at radius 1 is 1.24 bits per heavy atom. The number of aliphatic hydroxyl groups is 3. The van der Waals surface area contributed by atoms with Gasteiger partial charge in [0.1, 0.15) is 6.61 Å². The second-order valence-electron chi connectivity index (χ2n) is 8.86. The quantitative estimate of drug-likeness (QED) is 0.701. The SMILES string of the molecule is C[C@]12CC[C@H]3[C@@H](CCC4=CC(=O)CC[C@@H]43)[C@@H]1C[C@@H](O)[C@]2(O)C(=O)CO. The number of rotatable bonds is 2. The normalized spacial score (nSPS) is 49.0. The van der Waals surface area contributed by atoms with Crippen molar-refractivity contribution in [2.75, 3.05) is 6.61 Å². The van der Waals surface area contributed by atoms with Crippen LogP contribution in [0.2, 0.25) is 0 Å². The zero-order valence-corrected chi connectivity index (χ0v) is 14.8. The summed E-state index contributed by atoms with van der Waals surface area (Å²) in [5.41, 5.74) is -1.23. The summed E-state index contributed by atoms with van der Waals surface area (Å²) in [6.45, 7) is 1.19. The minimum absolute atomic E-state index is 0.0842. The molecule has 0 bridgehead atoms. The third-order valence-corrected chi connectivity index (χ3v) is 8.09. The molecule has 0 aromatic carbocycles. The van der Waals surface area contributed by atoms with Gasteiger partial charge in [-0.2, -0.15) is 0 Å². The molecule has 7 atom stereocenters. The fourth-order valence-corrected chi connectivity index (χ4v) is 6.83. The van der Waals surface area contributed by atoms with Crippen LogP contribution in [0.4, 0.5) is 0 Å². The Morgan fingerprint density at radius 2 is 2.00 bits per heavy atom. The average molecular weight is 348 g/mol. The van der Waals surface area contributed by atoms with Crippen LogP contribution in [0.15, 0.2) is 11.6 Å². The molecule has 0 radical (unpaired) electrons. The molecule has 3 fully saturated rings. The molecule has 0 aromatic heterocycles. The summed E-state index contributed by atoms with van der Waals surface area (Å²) in [6, 6.07) is 0. The first kappa shape index (κ1) is 17.4. The number of carbonyl (C=O) groups excluding carboxylic acids is 2. The highest BCUT2D eigenvalue weighted by Gasteiger charge is 2.68. The molecule has 138 valence electrons. The lowest BCUT2D eigenvalue weighted by Gasteiger charge is -2.55. The third-order valence-electron chi connectivity index (χ3n) is 8.09. The maximum Gasteiger partial charge on any atom is 0.192 e. The maximum atomic E-state index is 12.3. The van der Waals surface area contributed by atoms with E-state index >= 15 is 0 Å². The fraction of sp³-hybridized carbons (Fsp3) is 0.800. The van der Waals surface area contributed by atoms with Crippen LogP contribution in [0.1, 0.15) is 51.9 Å². The van der Waals surface area contributed by atoms with E-state index in [2.05, 4.69) is 0 Å². The van der Waals surface area contributed by atoms with E-state index in [1.54, 1.807) is 0 Å². The molecule has 0 amide bonds. The largest absolute Gasteiger partial charge is 0.390 e. The van der Waals surface area contributed by atoms with Crippen molar-refractivity contribution in [2.45, 2.75) is 63.6 Å². The van der Waals surface area contributed by atoms with E-state index in [1.807, 2.05) is 13.0 Å². The maximum absolute atomic E-state index is 12.3. The predicted molar refractivity (Wildman–Crippen MR) is 90.5 cm³/mol. The number of hydrogen-bond donors (Lipinski definition) is 3. The van der Waals surface area contributed by atoms with E-state index in [1.165, 1.54) is 5.57 Å². The predicted octanol–water partition coefficient (Wildman–Crippen LogP) is 1.39. The average Bonchev–Trinajstić information content (AvgIpc) is 2.81. The molecule has 4 aliphatic carbocycles. The second kappa shape index (κ2) is 5.73. The molecule has 0 saturated heterocycles. The van der Waals surface area contributed by atoms with Crippen molar-refractivity contribution < 1.29 is 24.9 Å². The highest BCUT2D eigenvalue weighted by molar-refractivity contribution is 5.91. The summed E-state index contributed by atoms with van der Waals surface area (Å²) in [4.78, 5) is 24.1. The number of allylic oxidation sites excluding steroid dienone is 1. The Balaban J connectivity index is 1.67. The highest BCUT2D eigenvalue weighted by Crippen LogP contribution is 2.64. The van der Waals surface area contributed by atoms with Crippen molar-refractivity contribution >= 4 is 11.6 Å². The topological polar surface area (TPSA) is 94.8 Å². The van der Waals surface area contributed by atoms with Gasteiger partial charge < -0.3 is 15.3 Å². The molecule has 0 aliphatic heterocycles. The first-order valence-corrected chi connectivity index (χ1v) is 9.61. The van der Waals surface area contributed by atoms with E-state index < -0.39 is 29.5 Å². The summed E-state index contributed by atoms with van der Waals surface area (Å²) in [6.07, 6.45) is 6.15. The van der Waals surface area contributed by atoms with E-state index in [9.17, 15) is 24.9 Å². The van der Waals surface area contributed by atoms with E-state index in [4.69, 9.17) is 0 Å². The van der Waals surface area contributed by atoms with Crippen LogP contribution < -0.4 is 0 Å². The van der Waals surface area contributed by atoms with E-state index in [0.29, 0.717) is 37.0 Å². The van der Waals surface area contributed by atoms with Crippen molar-refractivity contribution in [1.29, 1.82) is 0 Å². The van der Waals surface area contributed by atoms with Gasteiger partial charge in [-0.05, 0) is 68.3 Å². The number of ketones is 2. The van der Waals surface area contributed by atoms with Gasteiger partial charge in [-0.15, -0.1) is 0 Å². The van der Waals surface area contributed by atoms with Crippen LogP contribution >= 0.6 is 0 Å². The van der Waals surface area contributed by atoms with Crippen molar-refractivity contribution in [3.8, 4) is 0 Å². The second-order valence-corrected chi connectivity index (χ2v) is 8.86. The number of aliphatic hydroxyl groups excluding tert-OH is 2. The molecule has 3 saturated carbocycles. The molecule has 0 aromatic rings. The molecule has 4 rings (SSSR count). The molecular weight excluding hydrogens is 320 g/mol. The van der Waals surface area contributed by atoms with Gasteiger partial charge in [-0.3, -0.25) is 9.59 Å². The van der Waals surface area contributed by atoms with Crippen molar-refractivity contribution in [1.82, 2.24) is 0 Å². The molecule has 4 aliphatic rings. The van der Waals surface area contributed by atoms with Crippen LogP contribution in [0.25, 0.3) is 0 Å². The minimum Gasteiger partial charge on any atom is -0.390 e. The van der Waals surface area contributed by atoms with Crippen LogP contribution in [0.3, 0.4) is 0 Å². The number of carbonyl (C=O) groups is 2. The fourth-order valence-electron chi connectivity index (χ4n) is 6.83. The highest BCUT2D eigenvalue weighted by atomic mass is 16.4. The first-order chi connectivity index (χ1) is 11.8. The molecular formula is C20H28O5. The van der Waals surface area contributed by atoms with Crippen LogP contribution in [0, 0.1) is 29.1 Å². The Bertz CT molecular complexity index is 640.